The van der Waals surface area contributed by atoms with Crippen molar-refractivity contribution in [3.05, 3.63) is 89.5 Å². The monoisotopic (exact) mass is 344 g/mol. The first-order valence-corrected chi connectivity index (χ1v) is 9.15. The third-order valence-electron chi connectivity index (χ3n) is 5.07. The summed E-state index contributed by atoms with van der Waals surface area (Å²) in [5, 5.41) is 8.39. The second-order valence-corrected chi connectivity index (χ2v) is 6.87. The number of aryl methyl sites for hydroxylation is 1. The smallest absolute Gasteiger partial charge is 0.0648 e. The van der Waals surface area contributed by atoms with E-state index >= 15 is 0 Å². The number of allylic oxidation sites excluding steroid dienone is 1. The third kappa shape index (κ3) is 3.33. The zero-order chi connectivity index (χ0) is 17.9. The van der Waals surface area contributed by atoms with E-state index in [0.29, 0.717) is 12.0 Å². The predicted molar refractivity (Wildman–Crippen MR) is 104 cm³/mol. The van der Waals surface area contributed by atoms with Crippen LogP contribution in [0, 0.1) is 13.8 Å². The van der Waals surface area contributed by atoms with E-state index in [4.69, 9.17) is 5.10 Å². The second-order valence-electron chi connectivity index (χ2n) is 6.87. The SMILES string of the molecule is Cc1nn(-c2ccccc2)c(C)c1[C@@H]1C=C[C@@H](NCc2ccccn2)C1. The highest BCUT2D eigenvalue weighted by atomic mass is 15.3. The van der Waals surface area contributed by atoms with Gasteiger partial charge < -0.3 is 5.32 Å². The maximum absolute atomic E-state index is 4.80. The Bertz CT molecular complexity index is 897. The van der Waals surface area contributed by atoms with Crippen LogP contribution in [0.3, 0.4) is 0 Å². The van der Waals surface area contributed by atoms with Crippen LogP contribution in [-0.4, -0.2) is 20.8 Å². The molecule has 2 atom stereocenters. The van der Waals surface area contributed by atoms with Crippen LogP contribution in [0.4, 0.5) is 0 Å². The van der Waals surface area contributed by atoms with Crippen LogP contribution in [0.15, 0.2) is 66.9 Å². The molecule has 132 valence electrons. The fourth-order valence-electron chi connectivity index (χ4n) is 3.81. The first-order valence-electron chi connectivity index (χ1n) is 9.15. The van der Waals surface area contributed by atoms with E-state index in [1.807, 2.05) is 24.4 Å². The van der Waals surface area contributed by atoms with E-state index in [0.717, 1.165) is 30.0 Å². The van der Waals surface area contributed by atoms with Crippen LogP contribution in [0.2, 0.25) is 0 Å². The Balaban J connectivity index is 1.48. The van der Waals surface area contributed by atoms with Crippen molar-refractivity contribution >= 4 is 0 Å². The molecule has 0 radical (unpaired) electrons. The number of hydrogen-bond acceptors (Lipinski definition) is 3. The summed E-state index contributed by atoms with van der Waals surface area (Å²) in [7, 11) is 0. The zero-order valence-corrected chi connectivity index (χ0v) is 15.3. The first-order chi connectivity index (χ1) is 12.7. The summed E-state index contributed by atoms with van der Waals surface area (Å²) in [6.07, 6.45) is 7.51. The number of hydrogen-bond donors (Lipinski definition) is 1. The van der Waals surface area contributed by atoms with E-state index < -0.39 is 0 Å². The highest BCUT2D eigenvalue weighted by molar-refractivity contribution is 5.41. The fourth-order valence-corrected chi connectivity index (χ4v) is 3.81. The number of nitrogens with one attached hydrogen (secondary N) is 1. The van der Waals surface area contributed by atoms with Gasteiger partial charge in [-0.3, -0.25) is 4.98 Å². The van der Waals surface area contributed by atoms with Gasteiger partial charge >= 0.3 is 0 Å². The number of rotatable bonds is 5. The van der Waals surface area contributed by atoms with Crippen LogP contribution >= 0.6 is 0 Å². The van der Waals surface area contributed by atoms with Gasteiger partial charge in [0, 0.05) is 36.0 Å². The Morgan fingerprint density at radius 1 is 1.04 bits per heavy atom. The molecule has 2 aromatic heterocycles. The van der Waals surface area contributed by atoms with Crippen molar-refractivity contribution < 1.29 is 0 Å². The topological polar surface area (TPSA) is 42.7 Å². The Morgan fingerprint density at radius 3 is 2.62 bits per heavy atom. The third-order valence-corrected chi connectivity index (χ3v) is 5.07. The minimum Gasteiger partial charge on any atom is -0.305 e. The summed E-state index contributed by atoms with van der Waals surface area (Å²) in [5.74, 6) is 0.411. The molecule has 0 fully saturated rings. The molecule has 0 unspecified atom stereocenters. The molecule has 0 amide bonds. The van der Waals surface area contributed by atoms with Crippen molar-refractivity contribution in [2.24, 2.45) is 0 Å². The largest absolute Gasteiger partial charge is 0.305 e. The maximum Gasteiger partial charge on any atom is 0.0648 e. The Hall–Kier alpha value is -2.72. The van der Waals surface area contributed by atoms with Gasteiger partial charge in [0.05, 0.1) is 17.1 Å². The Labute approximate surface area is 154 Å². The van der Waals surface area contributed by atoms with E-state index in [1.54, 1.807) is 0 Å². The van der Waals surface area contributed by atoms with E-state index in [9.17, 15) is 0 Å². The number of benzene rings is 1. The molecular formula is C22H24N4. The summed E-state index contributed by atoms with van der Waals surface area (Å²) in [6, 6.07) is 16.8. The molecule has 1 aliphatic carbocycles. The molecule has 0 saturated heterocycles. The maximum atomic E-state index is 4.80. The summed E-state index contributed by atoms with van der Waals surface area (Å²) in [5.41, 5.74) is 5.90. The van der Waals surface area contributed by atoms with Gasteiger partial charge in [0.15, 0.2) is 0 Å². The van der Waals surface area contributed by atoms with Crippen LogP contribution < -0.4 is 5.32 Å². The van der Waals surface area contributed by atoms with Gasteiger partial charge in [0.25, 0.3) is 0 Å². The lowest BCUT2D eigenvalue weighted by Gasteiger charge is -2.14. The second kappa shape index (κ2) is 7.26. The summed E-state index contributed by atoms with van der Waals surface area (Å²) < 4.78 is 2.06. The van der Waals surface area contributed by atoms with Gasteiger partial charge in [0.1, 0.15) is 0 Å². The molecule has 1 aromatic carbocycles. The average Bonchev–Trinajstić information content (AvgIpc) is 3.25. The van der Waals surface area contributed by atoms with Crippen LogP contribution in [-0.2, 0) is 6.54 Å². The molecule has 26 heavy (non-hydrogen) atoms. The lowest BCUT2D eigenvalue weighted by molar-refractivity contribution is 0.554. The predicted octanol–water partition coefficient (Wildman–Crippen LogP) is 4.09. The quantitative estimate of drug-likeness (QED) is 0.709. The number of pyridine rings is 1. The highest BCUT2D eigenvalue weighted by Gasteiger charge is 2.25. The average molecular weight is 344 g/mol. The molecule has 0 aliphatic heterocycles. The van der Waals surface area contributed by atoms with Gasteiger partial charge in [-0.25, -0.2) is 4.68 Å². The molecule has 0 spiro atoms. The van der Waals surface area contributed by atoms with Gasteiger partial charge in [-0.05, 0) is 44.5 Å². The van der Waals surface area contributed by atoms with Crippen LogP contribution in [0.5, 0.6) is 0 Å². The molecule has 0 bridgehead atoms. The minimum atomic E-state index is 0.376. The van der Waals surface area contributed by atoms with Gasteiger partial charge in [-0.2, -0.15) is 5.10 Å². The van der Waals surface area contributed by atoms with Crippen molar-refractivity contribution in [2.75, 3.05) is 0 Å². The Morgan fingerprint density at radius 2 is 1.85 bits per heavy atom. The zero-order valence-electron chi connectivity index (χ0n) is 15.3. The molecular weight excluding hydrogens is 320 g/mol. The van der Waals surface area contributed by atoms with Crippen molar-refractivity contribution in [2.45, 2.75) is 38.8 Å². The minimum absolute atomic E-state index is 0.376. The number of aromatic nitrogens is 3. The Kier molecular flexibility index (Phi) is 4.67. The molecule has 0 saturated carbocycles. The van der Waals surface area contributed by atoms with Gasteiger partial charge in [-0.1, -0.05) is 36.4 Å². The van der Waals surface area contributed by atoms with Crippen molar-refractivity contribution in [1.29, 1.82) is 0 Å². The molecule has 1 N–H and O–H groups in total. The molecule has 1 aliphatic rings. The standard InChI is InChI=1S/C22H24N4/c1-16-22(17(2)26(25-16)21-9-4-3-5-10-21)18-11-12-19(14-18)24-15-20-8-6-7-13-23-20/h3-13,18-19,24H,14-15H2,1-2H3/t18-,19-/m1/s1. The van der Waals surface area contributed by atoms with E-state index in [-0.39, 0.29) is 0 Å². The lowest BCUT2D eigenvalue weighted by Crippen LogP contribution is -2.25. The summed E-state index contributed by atoms with van der Waals surface area (Å²) >= 11 is 0. The van der Waals surface area contributed by atoms with Gasteiger partial charge in [0.2, 0.25) is 0 Å². The number of para-hydroxylation sites is 1. The summed E-state index contributed by atoms with van der Waals surface area (Å²) in [4.78, 5) is 4.38. The fraction of sp³-hybridized carbons (Fsp3) is 0.273. The van der Waals surface area contributed by atoms with Crippen molar-refractivity contribution in [1.82, 2.24) is 20.1 Å². The van der Waals surface area contributed by atoms with E-state index in [1.165, 1.54) is 11.3 Å². The molecule has 4 nitrogen and oxygen atoms in total. The van der Waals surface area contributed by atoms with Crippen molar-refractivity contribution in [3.63, 3.8) is 0 Å². The molecule has 4 heteroatoms. The highest BCUT2D eigenvalue weighted by Crippen LogP contribution is 2.33. The normalized spacial score (nSPS) is 19.2. The van der Waals surface area contributed by atoms with Gasteiger partial charge in [-0.15, -0.1) is 0 Å². The molecule has 4 rings (SSSR count). The van der Waals surface area contributed by atoms with Crippen LogP contribution in [0.1, 0.15) is 35.0 Å². The number of nitrogens with zero attached hydrogens (tertiary/aromatic N) is 3. The first kappa shape index (κ1) is 16.7. The summed E-state index contributed by atoms with van der Waals surface area (Å²) in [6.45, 7) is 5.08. The molecule has 3 aromatic rings. The lowest BCUT2D eigenvalue weighted by atomic mass is 9.96. The van der Waals surface area contributed by atoms with Crippen LogP contribution in [0.25, 0.3) is 5.69 Å². The van der Waals surface area contributed by atoms with Crippen molar-refractivity contribution in [3.8, 4) is 5.69 Å². The van der Waals surface area contributed by atoms with E-state index in [2.05, 4.69) is 71.3 Å². The molecule has 2 heterocycles.